The maximum absolute atomic E-state index is 5.12. The Labute approximate surface area is 739 Å². The Balaban J connectivity index is 0.000000104. The minimum absolute atomic E-state index is 0.183. The number of rotatable bonds is 13. The zero-order chi connectivity index (χ0) is 83.7. The lowest BCUT2D eigenvalue weighted by atomic mass is 9.40. The van der Waals surface area contributed by atoms with E-state index in [-0.39, 0.29) is 11.0 Å². The largest absolute Gasteiger partial charge is 0.341 e. The molecule has 8 nitrogen and oxygen atoms in total. The van der Waals surface area contributed by atoms with E-state index in [9.17, 15) is 0 Å². The van der Waals surface area contributed by atoms with E-state index in [4.69, 9.17) is 19.9 Å². The number of hydrogen-bond donors (Lipinski definition) is 0. The third kappa shape index (κ3) is 12.6. The van der Waals surface area contributed by atoms with Gasteiger partial charge in [-0.15, -0.1) is 0 Å². The van der Waals surface area contributed by atoms with E-state index in [1.807, 2.05) is 24.3 Å². The van der Waals surface area contributed by atoms with Crippen LogP contribution in [-0.2, 0) is 11.0 Å². The second-order valence-electron chi connectivity index (χ2n) is 37.1. The molecular formula is C119H94N8. The highest BCUT2D eigenvalue weighted by Crippen LogP contribution is 2.78. The van der Waals surface area contributed by atoms with E-state index in [0.717, 1.165) is 80.1 Å². The van der Waals surface area contributed by atoms with E-state index < -0.39 is 0 Å². The van der Waals surface area contributed by atoms with Gasteiger partial charge in [0, 0.05) is 106 Å². The summed E-state index contributed by atoms with van der Waals surface area (Å²) < 4.78 is 9.98. The normalized spacial score (nSPS) is 21.2. The summed E-state index contributed by atoms with van der Waals surface area (Å²) in [5.41, 5.74) is 27.8. The van der Waals surface area contributed by atoms with Crippen LogP contribution in [0.3, 0.4) is 0 Å². The molecule has 7 unspecified atom stereocenters. The SMILES string of the molecule is c1ccc(-c2cc(-c3ccc(-n4c5ccccc5c5ccccc54)cc3)cc(-c3ccccc3)n2)cc1.c1ccc(-c2cn(C34CC5CC(CC(c6ccc(-n7c8ccccc8c8ccccc87)cc6)(C5)C3)C4)c3ccccc23)cc1.c1ccc(-c2nc(-c3ccccc3)nc(C3CC45CC(c6ccc(-n7c8ccccc8c8ccccc87)cc6)C4CCC35)n2)cc1. The first-order valence-electron chi connectivity index (χ1n) is 45.7. The molecule has 28 rings (SSSR count). The number of hydrogen-bond acceptors (Lipinski definition) is 4. The van der Waals surface area contributed by atoms with E-state index in [0.29, 0.717) is 23.2 Å². The molecule has 6 aromatic heterocycles. The third-order valence-electron chi connectivity index (χ3n) is 30.3. The van der Waals surface area contributed by atoms with E-state index in [1.54, 1.807) is 5.56 Å². The molecule has 7 atom stereocenters. The molecule has 15 aromatic carbocycles. The number of aromatic nitrogens is 8. The Bertz CT molecular complexity index is 7450. The van der Waals surface area contributed by atoms with E-state index in [2.05, 4.69) is 407 Å². The topological polar surface area (TPSA) is 71.3 Å². The van der Waals surface area contributed by atoms with E-state index >= 15 is 0 Å². The van der Waals surface area contributed by atoms with Gasteiger partial charge in [0.1, 0.15) is 5.82 Å². The fourth-order valence-electron chi connectivity index (χ4n) is 25.2. The molecule has 7 aliphatic carbocycles. The molecule has 127 heavy (non-hydrogen) atoms. The molecule has 0 amide bonds. The highest BCUT2D eigenvalue weighted by atomic mass is 15.1. The van der Waals surface area contributed by atoms with Crippen molar-refractivity contribution in [2.45, 2.75) is 87.0 Å². The fraction of sp³-hybridized carbons (Fsp3) is 0.160. The smallest absolute Gasteiger partial charge is 0.163 e. The van der Waals surface area contributed by atoms with Crippen molar-refractivity contribution in [1.29, 1.82) is 0 Å². The molecule has 0 N–H and O–H groups in total. The fourth-order valence-corrected chi connectivity index (χ4v) is 25.2. The van der Waals surface area contributed by atoms with Crippen molar-refractivity contribution in [3.63, 3.8) is 0 Å². The number of benzene rings is 15. The van der Waals surface area contributed by atoms with Crippen LogP contribution in [0.5, 0.6) is 0 Å². The molecule has 1 spiro atoms. The second kappa shape index (κ2) is 30.4. The molecular weight excluding hydrogens is 1540 g/mol. The highest BCUT2D eigenvalue weighted by molar-refractivity contribution is 6.11. The number of fused-ring (bicyclic) bond motifs is 10. The maximum Gasteiger partial charge on any atom is 0.163 e. The number of para-hydroxylation sites is 7. The average molecular weight is 1640 g/mol. The summed E-state index contributed by atoms with van der Waals surface area (Å²) in [6, 6.07) is 147. The molecule has 7 saturated carbocycles. The number of pyridine rings is 1. The summed E-state index contributed by atoms with van der Waals surface area (Å²) >= 11 is 0. The third-order valence-corrected chi connectivity index (χ3v) is 30.3. The lowest BCUT2D eigenvalue weighted by Crippen LogP contribution is -2.58. The lowest BCUT2D eigenvalue weighted by Gasteiger charge is -2.64. The summed E-state index contributed by atoms with van der Waals surface area (Å²) in [5.74, 6) is 6.65. The molecule has 21 aromatic rings. The summed E-state index contributed by atoms with van der Waals surface area (Å²) in [4.78, 5) is 20.2. The predicted octanol–water partition coefficient (Wildman–Crippen LogP) is 29.8. The summed E-state index contributed by atoms with van der Waals surface area (Å²) in [6.07, 6.45) is 15.6. The van der Waals surface area contributed by atoms with Crippen LogP contribution in [0.25, 0.3) is 161 Å². The molecule has 7 aliphatic rings. The van der Waals surface area contributed by atoms with Crippen LogP contribution in [0.1, 0.15) is 93.0 Å². The van der Waals surface area contributed by atoms with Crippen molar-refractivity contribution in [1.82, 2.24) is 38.2 Å². The van der Waals surface area contributed by atoms with Gasteiger partial charge >= 0.3 is 0 Å². The molecule has 0 saturated heterocycles. The minimum atomic E-state index is 0.183. The van der Waals surface area contributed by atoms with Crippen LogP contribution in [0.2, 0.25) is 0 Å². The van der Waals surface area contributed by atoms with Crippen molar-refractivity contribution in [2.75, 3.05) is 0 Å². The minimum Gasteiger partial charge on any atom is -0.341 e. The molecule has 7 fully saturated rings. The van der Waals surface area contributed by atoms with Crippen LogP contribution in [0.15, 0.2) is 413 Å². The van der Waals surface area contributed by atoms with Gasteiger partial charge in [-0.2, -0.15) is 0 Å². The standard InChI is InChI=1S/C42H34N4.C42H36N2.C35H24N2/c1-3-11-28(12-4-1)39-43-40(29-13-5-2-6-14-29)45-41(44-39)34-26-42-25-33(35(42)23-24-36(34)42)27-19-21-30(22-20-27)46-37-17-9-7-15-31(37)32-16-8-10-18-38(32)46;1-2-10-31(11-3-1)37-27-43(38-15-7-4-14-36(37)38)42-25-29-22-30(26-42)24-41(23-29,28-42)32-18-20-33(21-19-32)44-39-16-8-5-12-34(39)35-13-6-9-17-40(35)44;1-3-11-26(12-4-1)32-23-28(24-33(36-32)27-13-5-2-6-14-27)25-19-21-29(22-20-25)37-34-17-9-7-15-30(34)31-16-8-10-18-35(31)37/h1-22,33-36H,23-26H2;1-21,27,29-30H,22-26,28H2;1-24H. The van der Waals surface area contributed by atoms with Crippen LogP contribution in [0, 0.1) is 29.1 Å². The predicted molar refractivity (Wildman–Crippen MR) is 522 cm³/mol. The van der Waals surface area contributed by atoms with Crippen molar-refractivity contribution in [3.05, 3.63) is 430 Å². The van der Waals surface area contributed by atoms with Crippen LogP contribution in [0.4, 0.5) is 0 Å². The van der Waals surface area contributed by atoms with Gasteiger partial charge in [-0.3, -0.25) is 0 Å². The summed E-state index contributed by atoms with van der Waals surface area (Å²) in [7, 11) is 0. The molecule has 0 aliphatic heterocycles. The van der Waals surface area contributed by atoms with Gasteiger partial charge in [0.15, 0.2) is 11.6 Å². The zero-order valence-electron chi connectivity index (χ0n) is 70.9. The van der Waals surface area contributed by atoms with Gasteiger partial charge in [-0.25, -0.2) is 19.9 Å². The van der Waals surface area contributed by atoms with Gasteiger partial charge in [-0.05, 0) is 223 Å². The summed E-state index contributed by atoms with van der Waals surface area (Å²) in [5, 5.41) is 9.20. The van der Waals surface area contributed by atoms with Crippen molar-refractivity contribution in [2.24, 2.45) is 29.1 Å². The monoisotopic (exact) mass is 1630 g/mol. The Morgan fingerprint density at radius 3 is 1.06 bits per heavy atom. The second-order valence-corrected chi connectivity index (χ2v) is 37.1. The van der Waals surface area contributed by atoms with Crippen molar-refractivity contribution in [3.8, 4) is 84.6 Å². The molecule has 4 bridgehead atoms. The molecule has 610 valence electrons. The maximum atomic E-state index is 5.12. The molecule has 8 heteroatoms. The molecule has 6 heterocycles. The first-order valence-corrected chi connectivity index (χ1v) is 45.7. The van der Waals surface area contributed by atoms with E-state index in [1.165, 1.54) is 174 Å². The highest BCUT2D eigenvalue weighted by Gasteiger charge is 2.69. The molecule has 0 radical (unpaired) electrons. The van der Waals surface area contributed by atoms with Gasteiger partial charge in [0.25, 0.3) is 0 Å². The Morgan fingerprint density at radius 2 is 0.622 bits per heavy atom. The quantitative estimate of drug-likeness (QED) is 0.115. The van der Waals surface area contributed by atoms with Crippen LogP contribution < -0.4 is 0 Å². The van der Waals surface area contributed by atoms with Crippen LogP contribution >= 0.6 is 0 Å². The van der Waals surface area contributed by atoms with Crippen LogP contribution in [-0.4, -0.2) is 38.2 Å². The lowest BCUT2D eigenvalue weighted by molar-refractivity contribution is -0.104. The van der Waals surface area contributed by atoms with Gasteiger partial charge in [0.05, 0.1) is 44.5 Å². The van der Waals surface area contributed by atoms with Crippen molar-refractivity contribution < 1.29 is 0 Å². The first kappa shape index (κ1) is 75.0. The Hall–Kier alpha value is -14.6. The average Bonchev–Trinajstić information content (AvgIpc) is 1.44. The first-order chi connectivity index (χ1) is 62.8. The Morgan fingerprint density at radius 1 is 0.268 bits per heavy atom. The summed E-state index contributed by atoms with van der Waals surface area (Å²) in [6.45, 7) is 0. The van der Waals surface area contributed by atoms with Gasteiger partial charge in [0.2, 0.25) is 0 Å². The van der Waals surface area contributed by atoms with Gasteiger partial charge in [-0.1, -0.05) is 315 Å². The number of nitrogens with zero attached hydrogens (tertiary/aromatic N) is 8. The van der Waals surface area contributed by atoms with Crippen molar-refractivity contribution >= 4 is 76.3 Å². The van der Waals surface area contributed by atoms with Gasteiger partial charge < -0.3 is 18.3 Å². The Kier molecular flexibility index (Phi) is 17.9. The zero-order valence-corrected chi connectivity index (χ0v) is 70.9.